The third kappa shape index (κ3) is 7.08. The van der Waals surface area contributed by atoms with Crippen LogP contribution in [0.2, 0.25) is 0 Å². The van der Waals surface area contributed by atoms with Gasteiger partial charge in [0, 0.05) is 25.7 Å². The second kappa shape index (κ2) is 11.8. The Balaban J connectivity index is 3.42. The molecule has 1 N–H and O–H groups in total. The Labute approximate surface area is 181 Å². The number of aliphatic carboxylic acids is 1. The van der Waals surface area contributed by atoms with Crippen LogP contribution in [0.4, 0.5) is 0 Å². The molecular weight excluding hydrogens is 438 g/mol. The molecule has 0 bridgehead atoms. The Bertz CT molecular complexity index is 796. The summed E-state index contributed by atoms with van der Waals surface area (Å²) in [6.45, 7) is 4.26. The smallest absolute Gasteiger partial charge is 0.337 e. The molecule has 1 saturated heterocycles. The van der Waals surface area contributed by atoms with Crippen LogP contribution in [0, 0.1) is 0 Å². The molecule has 0 aliphatic carbocycles. The lowest BCUT2D eigenvalue weighted by Gasteiger charge is -2.43. The highest BCUT2D eigenvalue weighted by atomic mass is 16.7. The van der Waals surface area contributed by atoms with E-state index in [1.165, 1.54) is 6.92 Å². The van der Waals surface area contributed by atoms with Crippen molar-refractivity contribution in [3.05, 3.63) is 10.4 Å². The summed E-state index contributed by atoms with van der Waals surface area (Å²) in [7, 11) is 1.04. The number of esters is 4. The molecule has 32 heavy (non-hydrogen) atoms. The number of hydrogen-bond acceptors (Lipinski definition) is 12. The van der Waals surface area contributed by atoms with Crippen molar-refractivity contribution in [3.63, 3.8) is 0 Å². The van der Waals surface area contributed by atoms with E-state index in [4.69, 9.17) is 29.2 Å². The van der Waals surface area contributed by atoms with Gasteiger partial charge in [-0.1, -0.05) is 5.11 Å². The van der Waals surface area contributed by atoms with Gasteiger partial charge in [0.05, 0.1) is 13.2 Å². The zero-order chi connectivity index (χ0) is 24.6. The lowest BCUT2D eigenvalue weighted by Crippen LogP contribution is -2.64. The highest BCUT2D eigenvalue weighted by Gasteiger charge is 2.55. The maximum absolute atomic E-state index is 11.9. The van der Waals surface area contributed by atoms with Crippen molar-refractivity contribution in [1.82, 2.24) is 0 Å². The van der Waals surface area contributed by atoms with Crippen LogP contribution in [0.25, 0.3) is 10.4 Å². The minimum atomic E-state index is -1.91. The summed E-state index contributed by atoms with van der Waals surface area (Å²) < 4.78 is 30.6. The summed E-state index contributed by atoms with van der Waals surface area (Å²) in [5.74, 6) is -5.32. The number of carboxylic acids is 1. The van der Waals surface area contributed by atoms with E-state index in [0.29, 0.717) is 0 Å². The van der Waals surface area contributed by atoms with Gasteiger partial charge in [-0.15, -0.1) is 0 Å². The monoisotopic (exact) mass is 461 g/mol. The molecule has 0 unspecified atom stereocenters. The molecule has 7 atom stereocenters. The van der Waals surface area contributed by atoms with Gasteiger partial charge in [-0.2, -0.15) is 0 Å². The van der Waals surface area contributed by atoms with Crippen LogP contribution in [-0.4, -0.2) is 84.9 Å². The van der Waals surface area contributed by atoms with Crippen molar-refractivity contribution in [1.29, 1.82) is 0 Å². The molecule has 1 heterocycles. The summed E-state index contributed by atoms with van der Waals surface area (Å²) in [6.07, 6.45) is -9.91. The molecular formula is C17H23N3O12. The Hall–Kier alpha value is -3.42. The van der Waals surface area contributed by atoms with Gasteiger partial charge in [0.15, 0.2) is 36.7 Å². The first kappa shape index (κ1) is 26.6. The molecule has 1 aliphatic rings. The lowest BCUT2D eigenvalue weighted by atomic mass is 9.97. The standard InChI is InChI=1S/C17H23N3O12/c1-6(10(19-20-18)16(26)27-5)28-17-14(31-9(4)23)12(30-8(3)22)11(29-7(2)21)13(32-17)15(24)25/h6,10-14,17H,1-5H3,(H,24,25)/t6-,10+,11+,12+,13+,14-,17+/m1/s1. The topological polar surface area (TPSA) is 210 Å². The average molecular weight is 461 g/mol. The predicted molar refractivity (Wildman–Crippen MR) is 98.5 cm³/mol. The summed E-state index contributed by atoms with van der Waals surface area (Å²) in [4.78, 5) is 61.0. The Morgan fingerprint density at radius 1 is 0.969 bits per heavy atom. The quantitative estimate of drug-likeness (QED) is 0.156. The van der Waals surface area contributed by atoms with Gasteiger partial charge in [-0.25, -0.2) is 4.79 Å². The van der Waals surface area contributed by atoms with Crippen LogP contribution in [0.1, 0.15) is 27.7 Å². The number of rotatable bonds is 9. The number of carbonyl (C=O) groups excluding carboxylic acids is 4. The summed E-state index contributed by atoms with van der Waals surface area (Å²) in [6, 6.07) is -1.52. The van der Waals surface area contributed by atoms with E-state index in [2.05, 4.69) is 14.8 Å². The third-order valence-corrected chi connectivity index (χ3v) is 4.06. The van der Waals surface area contributed by atoms with Crippen LogP contribution in [0.15, 0.2) is 5.11 Å². The normalized spacial score (nSPS) is 26.5. The third-order valence-electron chi connectivity index (χ3n) is 4.06. The molecule has 0 aromatic carbocycles. The molecule has 0 spiro atoms. The molecule has 0 amide bonds. The van der Waals surface area contributed by atoms with E-state index in [1.807, 2.05) is 0 Å². The average Bonchev–Trinajstić information content (AvgIpc) is 2.68. The van der Waals surface area contributed by atoms with Crippen molar-refractivity contribution in [3.8, 4) is 0 Å². The summed E-state index contributed by atoms with van der Waals surface area (Å²) in [5.41, 5.74) is 8.69. The number of hydrogen-bond donors (Lipinski definition) is 1. The second-order valence-corrected chi connectivity index (χ2v) is 6.50. The van der Waals surface area contributed by atoms with Crippen molar-refractivity contribution >= 4 is 29.8 Å². The number of azide groups is 1. The van der Waals surface area contributed by atoms with Gasteiger partial charge in [-0.3, -0.25) is 19.2 Å². The number of ether oxygens (including phenoxy) is 6. The van der Waals surface area contributed by atoms with Crippen LogP contribution in [0.5, 0.6) is 0 Å². The molecule has 0 aromatic rings. The molecule has 1 rings (SSSR count). The molecule has 1 aliphatic heterocycles. The zero-order valence-corrected chi connectivity index (χ0v) is 17.8. The van der Waals surface area contributed by atoms with Gasteiger partial charge in [0.2, 0.25) is 0 Å². The van der Waals surface area contributed by atoms with E-state index in [0.717, 1.165) is 27.9 Å². The maximum atomic E-state index is 11.9. The number of nitrogens with zero attached hydrogens (tertiary/aromatic N) is 3. The predicted octanol–water partition coefficient (Wildman–Crippen LogP) is -0.152. The largest absolute Gasteiger partial charge is 0.479 e. The minimum Gasteiger partial charge on any atom is -0.479 e. The fraction of sp³-hybridized carbons (Fsp3) is 0.706. The number of carboxylic acid groups (broad SMARTS) is 1. The van der Waals surface area contributed by atoms with Crippen LogP contribution in [0.3, 0.4) is 0 Å². The van der Waals surface area contributed by atoms with E-state index < -0.39 is 72.7 Å². The van der Waals surface area contributed by atoms with E-state index in [1.54, 1.807) is 0 Å². The van der Waals surface area contributed by atoms with E-state index in [9.17, 15) is 29.1 Å². The fourth-order valence-electron chi connectivity index (χ4n) is 2.88. The molecule has 178 valence electrons. The van der Waals surface area contributed by atoms with Gasteiger partial charge in [-0.05, 0) is 12.5 Å². The van der Waals surface area contributed by atoms with E-state index in [-0.39, 0.29) is 0 Å². The molecule has 1 fully saturated rings. The van der Waals surface area contributed by atoms with Crippen molar-refractivity contribution < 1.29 is 57.5 Å². The first-order valence-corrected chi connectivity index (χ1v) is 9.10. The van der Waals surface area contributed by atoms with Gasteiger partial charge < -0.3 is 33.5 Å². The zero-order valence-electron chi connectivity index (χ0n) is 17.8. The first-order valence-electron chi connectivity index (χ1n) is 9.10. The van der Waals surface area contributed by atoms with Crippen LogP contribution in [-0.2, 0) is 52.4 Å². The minimum absolute atomic E-state index is 0.896. The van der Waals surface area contributed by atoms with Crippen molar-refractivity contribution in [2.75, 3.05) is 7.11 Å². The molecule has 15 heteroatoms. The Kier molecular flexibility index (Phi) is 9.84. The summed E-state index contributed by atoms with van der Waals surface area (Å²) in [5, 5.41) is 12.8. The SMILES string of the molecule is COC(=O)[C@@H](N=[N+]=[N-])[C@@H](C)O[C@H]1O[C@H](C(=O)O)[C@@H](OC(C)=O)[C@H](OC(C)=O)[C@H]1OC(C)=O. The van der Waals surface area contributed by atoms with Gasteiger partial charge in [0.1, 0.15) is 0 Å². The second-order valence-electron chi connectivity index (χ2n) is 6.50. The molecule has 15 nitrogen and oxygen atoms in total. The van der Waals surface area contributed by atoms with Crippen LogP contribution < -0.4 is 0 Å². The van der Waals surface area contributed by atoms with Gasteiger partial charge in [0.25, 0.3) is 0 Å². The van der Waals surface area contributed by atoms with Crippen molar-refractivity contribution in [2.24, 2.45) is 5.11 Å². The fourth-order valence-corrected chi connectivity index (χ4v) is 2.88. The van der Waals surface area contributed by atoms with E-state index >= 15 is 0 Å². The Morgan fingerprint density at radius 2 is 1.47 bits per heavy atom. The molecule has 0 radical (unpaired) electrons. The summed E-state index contributed by atoms with van der Waals surface area (Å²) >= 11 is 0. The maximum Gasteiger partial charge on any atom is 0.337 e. The lowest BCUT2D eigenvalue weighted by molar-refractivity contribution is -0.309. The number of carbonyl (C=O) groups is 5. The molecule has 0 saturated carbocycles. The highest BCUT2D eigenvalue weighted by molar-refractivity contribution is 5.77. The Morgan fingerprint density at radius 3 is 1.91 bits per heavy atom. The highest BCUT2D eigenvalue weighted by Crippen LogP contribution is 2.31. The number of methoxy groups -OCH3 is 1. The molecule has 0 aromatic heterocycles. The van der Waals surface area contributed by atoms with Crippen molar-refractivity contribution in [2.45, 2.75) is 70.5 Å². The first-order chi connectivity index (χ1) is 14.9. The van der Waals surface area contributed by atoms with Gasteiger partial charge >= 0.3 is 29.8 Å². The van der Waals surface area contributed by atoms with Crippen LogP contribution >= 0.6 is 0 Å².